The van der Waals surface area contributed by atoms with E-state index in [1.54, 1.807) is 0 Å². The molecule has 8 heteroatoms. The number of nitrogens with two attached hydrogens (primary N) is 1. The first-order chi connectivity index (χ1) is 9.04. The molecular formula is C11H16N2O4S2. The molecule has 0 radical (unpaired) electrons. The third kappa shape index (κ3) is 2.37. The van der Waals surface area contributed by atoms with E-state index in [9.17, 15) is 14.7 Å². The fraction of sp³-hybridized carbons (Fsp3) is 0.636. The molecule has 0 aromatic heterocycles. The lowest BCUT2D eigenvalue weighted by Crippen LogP contribution is -2.61. The first-order valence-corrected chi connectivity index (χ1v) is 7.67. The molecule has 2 aliphatic heterocycles. The molecular weight excluding hydrogens is 288 g/mol. The predicted molar refractivity (Wildman–Crippen MR) is 74.4 cm³/mol. The summed E-state index contributed by atoms with van der Waals surface area (Å²) < 4.78 is 5.74. The second-order valence-corrected chi connectivity index (χ2v) is 6.89. The van der Waals surface area contributed by atoms with Gasteiger partial charge in [-0.05, 0) is 6.42 Å². The fourth-order valence-corrected chi connectivity index (χ4v) is 4.97. The van der Waals surface area contributed by atoms with Crippen LogP contribution in [0.3, 0.4) is 0 Å². The van der Waals surface area contributed by atoms with Gasteiger partial charge in [0.1, 0.15) is 5.37 Å². The summed E-state index contributed by atoms with van der Waals surface area (Å²) in [5, 5.41) is 9.20. The number of carbonyl (C=O) groups is 2. The van der Waals surface area contributed by atoms with Gasteiger partial charge in [0.2, 0.25) is 0 Å². The number of hydrogen-bond donors (Lipinski definition) is 2. The van der Waals surface area contributed by atoms with E-state index in [1.165, 1.54) is 35.5 Å². The van der Waals surface area contributed by atoms with Gasteiger partial charge in [0, 0.05) is 18.9 Å². The van der Waals surface area contributed by atoms with Gasteiger partial charge in [-0.1, -0.05) is 18.7 Å². The first kappa shape index (κ1) is 14.7. The summed E-state index contributed by atoms with van der Waals surface area (Å²) in [6.45, 7) is 2.48. The number of hydrogen-bond acceptors (Lipinski definition) is 6. The zero-order valence-corrected chi connectivity index (χ0v) is 12.3. The van der Waals surface area contributed by atoms with Crippen LogP contribution in [0.25, 0.3) is 0 Å². The molecule has 106 valence electrons. The zero-order valence-electron chi connectivity index (χ0n) is 10.7. The van der Waals surface area contributed by atoms with Gasteiger partial charge in [-0.25, -0.2) is 4.79 Å². The van der Waals surface area contributed by atoms with Crippen LogP contribution in [-0.4, -0.2) is 52.3 Å². The van der Waals surface area contributed by atoms with E-state index in [0.717, 1.165) is 6.42 Å². The van der Waals surface area contributed by atoms with Crippen molar-refractivity contribution in [3.05, 3.63) is 9.93 Å². The van der Waals surface area contributed by atoms with E-state index >= 15 is 0 Å². The third-order valence-electron chi connectivity index (χ3n) is 3.10. The van der Waals surface area contributed by atoms with E-state index < -0.39 is 12.1 Å². The molecule has 2 unspecified atom stereocenters. The summed E-state index contributed by atoms with van der Waals surface area (Å²) in [6, 6.07) is 0. The van der Waals surface area contributed by atoms with Gasteiger partial charge in [0.05, 0.1) is 4.24 Å². The Morgan fingerprint density at radius 2 is 2.37 bits per heavy atom. The highest BCUT2D eigenvalue weighted by Crippen LogP contribution is 2.52. The minimum Gasteiger partial charge on any atom is -0.477 e. The van der Waals surface area contributed by atoms with Crippen LogP contribution in [-0.2, 0) is 14.3 Å². The van der Waals surface area contributed by atoms with Crippen LogP contribution >= 0.6 is 23.5 Å². The van der Waals surface area contributed by atoms with Crippen molar-refractivity contribution in [1.29, 1.82) is 0 Å². The number of aliphatic carboxylic acids is 1. The van der Waals surface area contributed by atoms with Gasteiger partial charge < -0.3 is 15.6 Å². The number of fused-ring (bicyclic) bond motifs is 1. The maximum atomic E-state index is 11.8. The second kappa shape index (κ2) is 5.74. The highest BCUT2D eigenvalue weighted by molar-refractivity contribution is 8.23. The van der Waals surface area contributed by atoms with E-state index in [0.29, 0.717) is 10.8 Å². The first-order valence-electron chi connectivity index (χ1n) is 5.91. The Balaban J connectivity index is 2.22. The molecule has 3 atom stereocenters. The number of ether oxygens (including phenoxy) is 1. The lowest BCUT2D eigenvalue weighted by Gasteiger charge is -2.40. The molecule has 2 heterocycles. The lowest BCUT2D eigenvalue weighted by molar-refractivity contribution is -0.161. The predicted octanol–water partition coefficient (Wildman–Crippen LogP) is 0.641. The fourth-order valence-electron chi connectivity index (χ4n) is 1.99. The number of rotatable bonds is 6. The van der Waals surface area contributed by atoms with Gasteiger partial charge in [0.15, 0.2) is 11.8 Å². The minimum atomic E-state index is -1.08. The summed E-state index contributed by atoms with van der Waals surface area (Å²) in [6.07, 6.45) is 0.306. The van der Waals surface area contributed by atoms with Crippen molar-refractivity contribution < 1.29 is 19.4 Å². The maximum Gasteiger partial charge on any atom is 0.354 e. The van der Waals surface area contributed by atoms with Crippen LogP contribution < -0.4 is 5.73 Å². The lowest BCUT2D eigenvalue weighted by atomic mass is 10.1. The quantitative estimate of drug-likeness (QED) is 0.696. The smallest absolute Gasteiger partial charge is 0.354 e. The van der Waals surface area contributed by atoms with Crippen LogP contribution in [0, 0.1) is 0 Å². The normalized spacial score (nSPS) is 27.3. The summed E-state index contributed by atoms with van der Waals surface area (Å²) in [5.74, 6) is -1.36. The highest BCUT2D eigenvalue weighted by atomic mass is 32.2. The number of thioether (sulfide) groups is 2. The summed E-state index contributed by atoms with van der Waals surface area (Å²) in [7, 11) is 1.46. The topological polar surface area (TPSA) is 92.9 Å². The second-order valence-electron chi connectivity index (χ2n) is 4.20. The van der Waals surface area contributed by atoms with Crippen molar-refractivity contribution in [2.45, 2.75) is 30.1 Å². The molecule has 0 bridgehead atoms. The van der Waals surface area contributed by atoms with Crippen LogP contribution in [0.1, 0.15) is 13.3 Å². The van der Waals surface area contributed by atoms with E-state index in [-0.39, 0.29) is 22.2 Å². The SMILES string of the molecule is CCC(CN)SC1=C(C(=O)O)N2C(=O)C(OC)[C@H]2S1. The van der Waals surface area contributed by atoms with Crippen molar-refractivity contribution in [1.82, 2.24) is 4.90 Å². The maximum absolute atomic E-state index is 11.8. The van der Waals surface area contributed by atoms with Crippen LogP contribution in [0.15, 0.2) is 9.93 Å². The van der Waals surface area contributed by atoms with Gasteiger partial charge in [-0.15, -0.1) is 11.8 Å². The molecule has 6 nitrogen and oxygen atoms in total. The molecule has 1 amide bonds. The summed E-state index contributed by atoms with van der Waals surface area (Å²) in [5.41, 5.74) is 5.72. The van der Waals surface area contributed by atoms with Gasteiger partial charge >= 0.3 is 5.97 Å². The Labute approximate surface area is 119 Å². The summed E-state index contributed by atoms with van der Waals surface area (Å²) >= 11 is 2.82. The Morgan fingerprint density at radius 1 is 1.68 bits per heavy atom. The van der Waals surface area contributed by atoms with Gasteiger partial charge in [-0.2, -0.15) is 0 Å². The molecule has 19 heavy (non-hydrogen) atoms. The molecule has 2 rings (SSSR count). The van der Waals surface area contributed by atoms with E-state index in [1.807, 2.05) is 6.92 Å². The number of amides is 1. The van der Waals surface area contributed by atoms with Crippen molar-refractivity contribution in [2.75, 3.05) is 13.7 Å². The number of β-lactam (4-membered cyclic amide) rings is 1. The number of carboxylic acid groups (broad SMARTS) is 1. The molecule has 1 fully saturated rings. The molecule has 0 aromatic rings. The Kier molecular flexibility index (Phi) is 4.44. The molecule has 1 saturated heterocycles. The third-order valence-corrected chi connectivity index (χ3v) is 6.06. The number of methoxy groups -OCH3 is 1. The van der Waals surface area contributed by atoms with Crippen LogP contribution in [0.4, 0.5) is 0 Å². The van der Waals surface area contributed by atoms with E-state index in [4.69, 9.17) is 10.5 Å². The Morgan fingerprint density at radius 3 is 2.84 bits per heavy atom. The number of carbonyl (C=O) groups excluding carboxylic acids is 1. The van der Waals surface area contributed by atoms with Gasteiger partial charge in [0.25, 0.3) is 5.91 Å². The van der Waals surface area contributed by atoms with Gasteiger partial charge in [-0.3, -0.25) is 9.69 Å². The van der Waals surface area contributed by atoms with Crippen LogP contribution in [0.5, 0.6) is 0 Å². The van der Waals surface area contributed by atoms with Crippen LogP contribution in [0.2, 0.25) is 0 Å². The number of nitrogens with zero attached hydrogens (tertiary/aromatic N) is 1. The molecule has 0 spiro atoms. The Bertz CT molecular complexity index is 436. The molecule has 3 N–H and O–H groups in total. The van der Waals surface area contributed by atoms with E-state index in [2.05, 4.69) is 0 Å². The largest absolute Gasteiger partial charge is 0.477 e. The average molecular weight is 304 g/mol. The van der Waals surface area contributed by atoms with Crippen molar-refractivity contribution in [2.24, 2.45) is 5.73 Å². The van der Waals surface area contributed by atoms with Crippen molar-refractivity contribution in [3.8, 4) is 0 Å². The molecule has 0 saturated carbocycles. The minimum absolute atomic E-state index is 0.0743. The number of carboxylic acids is 1. The standard InChI is InChI=1S/C11H16N2O4S2/c1-3-5(4-12)18-11-6(10(15)16)13-8(14)7(17-2)9(13)19-11/h5,7,9H,3-4,12H2,1-2H3,(H,15,16)/t5?,7?,9-/m1/s1. The Hall–Kier alpha value is -0.700. The average Bonchev–Trinajstić information content (AvgIpc) is 2.71. The summed E-state index contributed by atoms with van der Waals surface area (Å²) in [4.78, 5) is 24.5. The molecule has 2 aliphatic rings. The zero-order chi connectivity index (χ0) is 14.2. The highest BCUT2D eigenvalue weighted by Gasteiger charge is 2.56. The van der Waals surface area contributed by atoms with Crippen molar-refractivity contribution >= 4 is 35.4 Å². The monoisotopic (exact) mass is 304 g/mol. The molecule has 0 aliphatic carbocycles. The van der Waals surface area contributed by atoms with Crippen molar-refractivity contribution in [3.63, 3.8) is 0 Å². The molecule has 0 aromatic carbocycles.